The van der Waals surface area contributed by atoms with Gasteiger partial charge in [0.15, 0.2) is 0 Å². The second-order valence-electron chi connectivity index (χ2n) is 6.96. The summed E-state index contributed by atoms with van der Waals surface area (Å²) >= 11 is 0. The van der Waals surface area contributed by atoms with E-state index < -0.39 is 9.84 Å². The summed E-state index contributed by atoms with van der Waals surface area (Å²) in [5.74, 6) is 0.680. The molecule has 0 bridgehead atoms. The zero-order valence-corrected chi connectivity index (χ0v) is 16.8. The summed E-state index contributed by atoms with van der Waals surface area (Å²) in [5.41, 5.74) is 1.46. The third-order valence-corrected chi connectivity index (χ3v) is 6.95. The van der Waals surface area contributed by atoms with Gasteiger partial charge in [-0.1, -0.05) is 18.2 Å². The van der Waals surface area contributed by atoms with E-state index >= 15 is 0 Å². The van der Waals surface area contributed by atoms with Gasteiger partial charge < -0.3 is 14.5 Å². The molecule has 2 heterocycles. The van der Waals surface area contributed by atoms with Crippen LogP contribution in [0.2, 0.25) is 0 Å². The molecule has 1 fully saturated rings. The number of hydrogen-bond acceptors (Lipinski definition) is 6. The molecule has 1 aliphatic heterocycles. The van der Waals surface area contributed by atoms with Crippen LogP contribution in [0.4, 0.5) is 5.69 Å². The molecular formula is C21H23N3O3S. The molecule has 1 aliphatic rings. The van der Waals surface area contributed by atoms with Crippen LogP contribution in [0.15, 0.2) is 64.5 Å². The van der Waals surface area contributed by atoms with E-state index in [9.17, 15) is 8.42 Å². The number of rotatable bonds is 4. The number of sulfone groups is 1. The van der Waals surface area contributed by atoms with Crippen LogP contribution in [0.5, 0.6) is 5.75 Å². The van der Waals surface area contributed by atoms with Crippen molar-refractivity contribution in [2.24, 2.45) is 0 Å². The smallest absolute Gasteiger partial charge is 0.210 e. The highest BCUT2D eigenvalue weighted by Gasteiger charge is 2.28. The minimum atomic E-state index is -3.70. The fraction of sp³-hybridized carbons (Fsp3) is 0.286. The monoisotopic (exact) mass is 397 g/mol. The third-order valence-electron chi connectivity index (χ3n) is 5.18. The van der Waals surface area contributed by atoms with Gasteiger partial charge in [-0.05, 0) is 37.4 Å². The van der Waals surface area contributed by atoms with Gasteiger partial charge in [0.2, 0.25) is 9.84 Å². The number of pyridine rings is 1. The van der Waals surface area contributed by atoms with Crippen LogP contribution in [0.3, 0.4) is 0 Å². The molecule has 3 aromatic rings. The summed E-state index contributed by atoms with van der Waals surface area (Å²) in [4.78, 5) is 9.35. The molecule has 7 heteroatoms. The summed E-state index contributed by atoms with van der Waals surface area (Å²) < 4.78 is 32.3. The number of hydrogen-bond donors (Lipinski definition) is 0. The van der Waals surface area contributed by atoms with Gasteiger partial charge in [-0.3, -0.25) is 4.98 Å². The zero-order chi connectivity index (χ0) is 19.7. The molecule has 0 saturated carbocycles. The molecule has 0 spiro atoms. The predicted octanol–water partition coefficient (Wildman–Crippen LogP) is 2.83. The average molecular weight is 398 g/mol. The minimum Gasteiger partial charge on any atom is -0.497 e. The Morgan fingerprint density at radius 1 is 1.00 bits per heavy atom. The molecule has 0 amide bonds. The first-order chi connectivity index (χ1) is 13.5. The fourth-order valence-electron chi connectivity index (χ4n) is 3.55. The molecule has 6 nitrogen and oxygen atoms in total. The molecule has 2 aromatic carbocycles. The summed E-state index contributed by atoms with van der Waals surface area (Å²) in [6.07, 6.45) is 1.49. The number of aromatic nitrogens is 1. The first-order valence-electron chi connectivity index (χ1n) is 9.21. The lowest BCUT2D eigenvalue weighted by molar-refractivity contribution is 0.312. The van der Waals surface area contributed by atoms with E-state index in [-0.39, 0.29) is 9.79 Å². The Morgan fingerprint density at radius 3 is 2.39 bits per heavy atom. The molecule has 4 rings (SSSR count). The Balaban J connectivity index is 1.96. The maximum Gasteiger partial charge on any atom is 0.210 e. The lowest BCUT2D eigenvalue weighted by Gasteiger charge is -2.35. The van der Waals surface area contributed by atoms with Crippen molar-refractivity contribution < 1.29 is 13.2 Å². The topological polar surface area (TPSA) is 62.7 Å². The zero-order valence-electron chi connectivity index (χ0n) is 16.0. The van der Waals surface area contributed by atoms with Gasteiger partial charge in [0, 0.05) is 37.8 Å². The van der Waals surface area contributed by atoms with Gasteiger partial charge in [0.25, 0.3) is 0 Å². The predicted molar refractivity (Wildman–Crippen MR) is 110 cm³/mol. The molecule has 146 valence electrons. The van der Waals surface area contributed by atoms with Crippen LogP contribution in [-0.4, -0.2) is 58.6 Å². The van der Waals surface area contributed by atoms with Crippen molar-refractivity contribution in [1.82, 2.24) is 9.88 Å². The number of likely N-dealkylation sites (N-methyl/N-ethyl adjacent to an activating group) is 1. The van der Waals surface area contributed by atoms with E-state index in [4.69, 9.17) is 4.74 Å². The molecular weight excluding hydrogens is 374 g/mol. The van der Waals surface area contributed by atoms with Gasteiger partial charge >= 0.3 is 0 Å². The molecule has 0 radical (unpaired) electrons. The van der Waals surface area contributed by atoms with Crippen molar-refractivity contribution in [2.75, 3.05) is 45.2 Å². The van der Waals surface area contributed by atoms with Crippen LogP contribution in [0, 0.1) is 0 Å². The van der Waals surface area contributed by atoms with Crippen LogP contribution in [0.25, 0.3) is 10.9 Å². The van der Waals surface area contributed by atoms with Crippen LogP contribution in [0.1, 0.15) is 0 Å². The number of methoxy groups -OCH3 is 1. The van der Waals surface area contributed by atoms with Gasteiger partial charge in [-0.25, -0.2) is 8.42 Å². The highest BCUT2D eigenvalue weighted by molar-refractivity contribution is 7.91. The third kappa shape index (κ3) is 3.31. The van der Waals surface area contributed by atoms with Gasteiger partial charge in [-0.2, -0.15) is 0 Å². The van der Waals surface area contributed by atoms with Gasteiger partial charge in [-0.15, -0.1) is 0 Å². The summed E-state index contributed by atoms with van der Waals surface area (Å²) in [6, 6.07) is 14.1. The Kier molecular flexibility index (Phi) is 4.95. The number of piperazine rings is 1. The van der Waals surface area contributed by atoms with Gasteiger partial charge in [0.1, 0.15) is 10.6 Å². The van der Waals surface area contributed by atoms with E-state index in [0.29, 0.717) is 11.4 Å². The molecule has 0 unspecified atom stereocenters. The van der Waals surface area contributed by atoms with Crippen molar-refractivity contribution in [3.05, 3.63) is 54.7 Å². The molecule has 0 atom stereocenters. The number of nitrogens with zero attached hydrogens (tertiary/aromatic N) is 3. The molecule has 1 saturated heterocycles. The summed E-state index contributed by atoms with van der Waals surface area (Å²) in [7, 11) is -0.0202. The van der Waals surface area contributed by atoms with Crippen LogP contribution >= 0.6 is 0 Å². The van der Waals surface area contributed by atoms with Crippen molar-refractivity contribution in [3.8, 4) is 5.75 Å². The normalized spacial score (nSPS) is 15.7. The SMILES string of the molecule is COc1ccc2ncc(S(=O)(=O)c3ccccc3)c(N3CCN(C)CC3)c2c1. The lowest BCUT2D eigenvalue weighted by Crippen LogP contribution is -2.45. The second kappa shape index (κ2) is 7.41. The maximum absolute atomic E-state index is 13.5. The second-order valence-corrected chi connectivity index (χ2v) is 8.88. The molecule has 1 aromatic heterocycles. The number of benzene rings is 2. The molecule has 0 N–H and O–H groups in total. The standard InChI is InChI=1S/C21H23N3O3S/c1-23-10-12-24(13-11-23)21-18-14-16(27-2)8-9-19(18)22-15-20(21)28(25,26)17-6-4-3-5-7-17/h3-9,14-15H,10-13H2,1-2H3. The first kappa shape index (κ1) is 18.7. The largest absolute Gasteiger partial charge is 0.497 e. The quantitative estimate of drug-likeness (QED) is 0.675. The Bertz CT molecular complexity index is 1090. The lowest BCUT2D eigenvalue weighted by atomic mass is 10.1. The maximum atomic E-state index is 13.5. The van der Waals surface area contributed by atoms with E-state index in [1.54, 1.807) is 31.4 Å². The van der Waals surface area contributed by atoms with Crippen molar-refractivity contribution in [1.29, 1.82) is 0 Å². The summed E-state index contributed by atoms with van der Waals surface area (Å²) in [5, 5.41) is 0.793. The average Bonchev–Trinajstić information content (AvgIpc) is 2.73. The van der Waals surface area contributed by atoms with Crippen LogP contribution < -0.4 is 9.64 Å². The number of fused-ring (bicyclic) bond motifs is 1. The van der Waals surface area contributed by atoms with Crippen molar-refractivity contribution in [3.63, 3.8) is 0 Å². The van der Waals surface area contributed by atoms with E-state index in [1.165, 1.54) is 6.20 Å². The Morgan fingerprint density at radius 2 is 1.71 bits per heavy atom. The highest BCUT2D eigenvalue weighted by atomic mass is 32.2. The van der Waals surface area contributed by atoms with E-state index in [2.05, 4.69) is 21.8 Å². The highest BCUT2D eigenvalue weighted by Crippen LogP contribution is 2.37. The van der Waals surface area contributed by atoms with Crippen LogP contribution in [-0.2, 0) is 9.84 Å². The number of ether oxygens (including phenoxy) is 1. The van der Waals surface area contributed by atoms with E-state index in [0.717, 1.165) is 37.1 Å². The molecule has 28 heavy (non-hydrogen) atoms. The fourth-order valence-corrected chi connectivity index (χ4v) is 5.00. The Labute approximate surface area is 165 Å². The van der Waals surface area contributed by atoms with E-state index in [1.807, 2.05) is 24.3 Å². The van der Waals surface area contributed by atoms with Crippen molar-refractivity contribution in [2.45, 2.75) is 9.79 Å². The molecule has 0 aliphatic carbocycles. The minimum absolute atomic E-state index is 0.240. The Hall–Kier alpha value is -2.64. The first-order valence-corrected chi connectivity index (χ1v) is 10.7. The summed E-state index contributed by atoms with van der Waals surface area (Å²) in [6.45, 7) is 3.26. The number of anilines is 1. The van der Waals surface area contributed by atoms with Gasteiger partial charge in [0.05, 0.1) is 23.2 Å². The van der Waals surface area contributed by atoms with Crippen molar-refractivity contribution >= 4 is 26.4 Å².